The molecule has 1 aliphatic heterocycles. The van der Waals surface area contributed by atoms with Gasteiger partial charge in [0.1, 0.15) is 23.6 Å². The number of aromatic nitrogens is 4. The molecule has 0 aliphatic carbocycles. The van der Waals surface area contributed by atoms with Crippen molar-refractivity contribution in [2.24, 2.45) is 0 Å². The van der Waals surface area contributed by atoms with Crippen molar-refractivity contribution in [3.05, 3.63) is 42.1 Å². The van der Waals surface area contributed by atoms with Crippen molar-refractivity contribution in [2.75, 3.05) is 31.6 Å². The summed E-state index contributed by atoms with van der Waals surface area (Å²) in [6.45, 7) is 2.32. The summed E-state index contributed by atoms with van der Waals surface area (Å²) in [7, 11) is 0. The highest BCUT2D eigenvalue weighted by molar-refractivity contribution is 6.03. The summed E-state index contributed by atoms with van der Waals surface area (Å²) in [5.74, 6) is -0.119. The van der Waals surface area contributed by atoms with Crippen LogP contribution in [0.1, 0.15) is 29.0 Å². The molecule has 4 rings (SSSR count). The Morgan fingerprint density at radius 2 is 1.97 bits per heavy atom. The maximum absolute atomic E-state index is 12.6. The highest BCUT2D eigenvalue weighted by atomic mass is 19.3. The van der Waals surface area contributed by atoms with Crippen molar-refractivity contribution in [1.29, 1.82) is 0 Å². The van der Waals surface area contributed by atoms with Gasteiger partial charge in [-0.1, -0.05) is 0 Å². The third kappa shape index (κ3) is 4.85. The minimum absolute atomic E-state index is 0.00638. The normalized spacial score (nSPS) is 15.0. The molecule has 0 unspecified atom stereocenters. The molecule has 32 heavy (non-hydrogen) atoms. The Kier molecular flexibility index (Phi) is 6.31. The number of hydrogen-bond acceptors (Lipinski definition) is 5. The Balaban J connectivity index is 1.52. The van der Waals surface area contributed by atoms with Gasteiger partial charge < -0.3 is 14.5 Å². The maximum atomic E-state index is 12.6. The van der Waals surface area contributed by atoms with E-state index in [4.69, 9.17) is 4.74 Å². The van der Waals surface area contributed by atoms with Crippen LogP contribution < -0.4 is 10.1 Å². The van der Waals surface area contributed by atoms with Gasteiger partial charge in [0.05, 0.1) is 18.8 Å². The van der Waals surface area contributed by atoms with Gasteiger partial charge in [-0.15, -0.1) is 0 Å². The largest absolute Gasteiger partial charge is 0.491 e. The number of amides is 1. The summed E-state index contributed by atoms with van der Waals surface area (Å²) in [5, 5.41) is 6.56. The topological polar surface area (TPSA) is 76.7 Å². The predicted molar refractivity (Wildman–Crippen MR) is 108 cm³/mol. The van der Waals surface area contributed by atoms with Gasteiger partial charge in [0.2, 0.25) is 0 Å². The van der Waals surface area contributed by atoms with Gasteiger partial charge in [-0.3, -0.25) is 14.4 Å². The first-order valence-corrected chi connectivity index (χ1v) is 10.1. The Labute approximate surface area is 180 Å². The molecule has 1 fully saturated rings. The van der Waals surface area contributed by atoms with Gasteiger partial charge in [-0.05, 0) is 13.0 Å². The zero-order valence-corrected chi connectivity index (χ0v) is 17.2. The van der Waals surface area contributed by atoms with E-state index < -0.39 is 25.3 Å². The number of imidazole rings is 1. The number of likely N-dealkylation sites (tertiary alicyclic amines) is 1. The average molecular weight is 454 g/mol. The van der Waals surface area contributed by atoms with Crippen LogP contribution >= 0.6 is 0 Å². The lowest BCUT2D eigenvalue weighted by Crippen LogP contribution is -2.47. The number of fused-ring (bicyclic) bond motifs is 1. The van der Waals surface area contributed by atoms with E-state index in [1.165, 1.54) is 12.3 Å². The summed E-state index contributed by atoms with van der Waals surface area (Å²) in [4.78, 5) is 18.8. The van der Waals surface area contributed by atoms with E-state index in [0.717, 1.165) is 10.4 Å². The summed E-state index contributed by atoms with van der Waals surface area (Å²) < 4.78 is 58.4. The quantitative estimate of drug-likeness (QED) is 0.503. The van der Waals surface area contributed by atoms with Gasteiger partial charge in [0, 0.05) is 43.7 Å². The van der Waals surface area contributed by atoms with E-state index in [1.54, 1.807) is 34.7 Å². The van der Waals surface area contributed by atoms with Crippen LogP contribution in [-0.2, 0) is 6.54 Å². The summed E-state index contributed by atoms with van der Waals surface area (Å²) in [5.41, 5.74) is 1.72. The third-order valence-electron chi connectivity index (χ3n) is 5.09. The van der Waals surface area contributed by atoms with Crippen LogP contribution in [0.4, 0.5) is 23.2 Å². The van der Waals surface area contributed by atoms with E-state index in [0.29, 0.717) is 36.8 Å². The second kappa shape index (κ2) is 9.15. The molecular weight excluding hydrogens is 432 g/mol. The summed E-state index contributed by atoms with van der Waals surface area (Å²) >= 11 is 0. The molecule has 172 valence electrons. The molecule has 1 aliphatic rings. The number of hydrogen-bond donors (Lipinski definition) is 1. The average Bonchev–Trinajstić information content (AvgIpc) is 3.30. The van der Waals surface area contributed by atoms with E-state index in [1.807, 2.05) is 0 Å². The number of anilines is 1. The molecule has 1 amide bonds. The molecule has 0 spiro atoms. The van der Waals surface area contributed by atoms with Crippen molar-refractivity contribution < 1.29 is 27.1 Å². The lowest BCUT2D eigenvalue weighted by atomic mass is 9.97. The van der Waals surface area contributed by atoms with Crippen molar-refractivity contribution in [1.82, 2.24) is 24.1 Å². The number of carbonyl (C=O) groups is 1. The molecule has 8 nitrogen and oxygen atoms in total. The number of halogens is 4. The Morgan fingerprint density at radius 3 is 2.66 bits per heavy atom. The second-order valence-corrected chi connectivity index (χ2v) is 7.49. The van der Waals surface area contributed by atoms with Crippen LogP contribution in [0.2, 0.25) is 0 Å². The minimum Gasteiger partial charge on any atom is -0.491 e. The molecule has 0 atom stereocenters. The lowest BCUT2D eigenvalue weighted by molar-refractivity contribution is 0.0459. The first kappa shape index (κ1) is 22.1. The number of ether oxygens (including phenoxy) is 1. The molecular formula is C20H22F4N6O2. The molecule has 0 radical (unpaired) electrons. The van der Waals surface area contributed by atoms with Gasteiger partial charge in [0.25, 0.3) is 18.8 Å². The fourth-order valence-corrected chi connectivity index (χ4v) is 3.61. The van der Waals surface area contributed by atoms with Gasteiger partial charge in [-0.25, -0.2) is 22.5 Å². The molecule has 0 aromatic carbocycles. The molecule has 1 N–H and O–H groups in total. The molecule has 0 bridgehead atoms. The zero-order chi connectivity index (χ0) is 22.8. The molecule has 3 aromatic rings. The molecule has 0 saturated carbocycles. The molecule has 3 aromatic heterocycles. The van der Waals surface area contributed by atoms with Crippen molar-refractivity contribution in [2.45, 2.75) is 32.2 Å². The number of nitrogens with one attached hydrogen (secondary N) is 1. The zero-order valence-electron chi connectivity index (χ0n) is 17.2. The Bertz CT molecular complexity index is 1090. The third-order valence-corrected chi connectivity index (χ3v) is 5.09. The van der Waals surface area contributed by atoms with Gasteiger partial charge in [-0.2, -0.15) is 5.10 Å². The maximum Gasteiger partial charge on any atom is 0.276 e. The van der Waals surface area contributed by atoms with Crippen LogP contribution in [0.3, 0.4) is 0 Å². The van der Waals surface area contributed by atoms with Crippen LogP contribution in [0.25, 0.3) is 5.65 Å². The number of carbonyl (C=O) groups excluding carboxylic acids is 1. The standard InChI is InChI=1S/C20H22F4N6O2/c1-2-32-16-5-19-25-14(12-6-28(7-12)10-17(21)22)8-29(19)9-15(16)26-20(31)13-3-4-30(27-13)11-18(23)24/h3-5,8-9,12,17-18H,2,6-7,10-11H2,1H3,(H,26,31). The van der Waals surface area contributed by atoms with E-state index in [-0.39, 0.29) is 18.2 Å². The summed E-state index contributed by atoms with van der Waals surface area (Å²) in [6.07, 6.45) is -0.195. The van der Waals surface area contributed by atoms with Crippen LogP contribution in [0.5, 0.6) is 5.75 Å². The fraction of sp³-hybridized carbons (Fsp3) is 0.450. The first-order chi connectivity index (χ1) is 15.3. The highest BCUT2D eigenvalue weighted by Crippen LogP contribution is 2.31. The van der Waals surface area contributed by atoms with Crippen molar-refractivity contribution >= 4 is 17.2 Å². The Morgan fingerprint density at radius 1 is 1.22 bits per heavy atom. The van der Waals surface area contributed by atoms with Crippen molar-refractivity contribution in [3.63, 3.8) is 0 Å². The predicted octanol–water partition coefficient (Wildman–Crippen LogP) is 3.11. The lowest BCUT2D eigenvalue weighted by Gasteiger charge is -2.37. The van der Waals surface area contributed by atoms with Gasteiger partial charge in [0.15, 0.2) is 5.69 Å². The number of rotatable bonds is 9. The fourth-order valence-electron chi connectivity index (χ4n) is 3.61. The monoisotopic (exact) mass is 454 g/mol. The Hall–Kier alpha value is -3.15. The highest BCUT2D eigenvalue weighted by Gasteiger charge is 2.31. The smallest absolute Gasteiger partial charge is 0.276 e. The van der Waals surface area contributed by atoms with Crippen LogP contribution in [0, 0.1) is 0 Å². The van der Waals surface area contributed by atoms with Crippen LogP contribution in [0.15, 0.2) is 30.7 Å². The number of nitrogens with zero attached hydrogens (tertiary/aromatic N) is 5. The van der Waals surface area contributed by atoms with Crippen LogP contribution in [-0.4, -0.2) is 69.1 Å². The van der Waals surface area contributed by atoms with E-state index in [9.17, 15) is 22.4 Å². The SMILES string of the molecule is CCOc1cc2nc(C3CN(CC(F)F)C3)cn2cc1NC(=O)c1ccn(CC(F)F)n1. The molecule has 4 heterocycles. The minimum atomic E-state index is -2.58. The molecule has 1 saturated heterocycles. The van der Waals surface area contributed by atoms with Gasteiger partial charge >= 0.3 is 0 Å². The number of pyridine rings is 1. The molecule has 12 heteroatoms. The van der Waals surface area contributed by atoms with E-state index in [2.05, 4.69) is 15.4 Å². The second-order valence-electron chi connectivity index (χ2n) is 7.49. The number of alkyl halides is 4. The van der Waals surface area contributed by atoms with Crippen molar-refractivity contribution in [3.8, 4) is 5.75 Å². The van der Waals surface area contributed by atoms with E-state index >= 15 is 0 Å². The summed E-state index contributed by atoms with van der Waals surface area (Å²) in [6, 6.07) is 3.03. The first-order valence-electron chi connectivity index (χ1n) is 10.1.